The molecule has 1 aromatic heterocycles. The van der Waals surface area contributed by atoms with Crippen molar-refractivity contribution in [3.63, 3.8) is 0 Å². The monoisotopic (exact) mass is 339 g/mol. The molecule has 6 nitrogen and oxygen atoms in total. The van der Waals surface area contributed by atoms with Crippen LogP contribution < -0.4 is 10.6 Å². The van der Waals surface area contributed by atoms with Gasteiger partial charge in [-0.25, -0.2) is 9.97 Å². The van der Waals surface area contributed by atoms with Crippen molar-refractivity contribution in [1.82, 2.24) is 14.9 Å². The largest absolute Gasteiger partial charge is 0.368 e. The number of hydrogen-bond donors (Lipinski definition) is 1. The summed E-state index contributed by atoms with van der Waals surface area (Å²) in [5.74, 6) is 0.867. The van der Waals surface area contributed by atoms with Crippen LogP contribution in [0.4, 0.5) is 5.82 Å². The minimum Gasteiger partial charge on any atom is -0.368 e. The number of aromatic nitrogens is 2. The quantitative estimate of drug-likeness (QED) is 0.924. The SMILES string of the molecule is Cc1cccc2ncnc(N3CCC(N4CCCC4C(N)=O)CC3)c12. The number of nitrogens with zero attached hydrogens (tertiary/aromatic N) is 4. The average Bonchev–Trinajstić information content (AvgIpc) is 3.12. The van der Waals surface area contributed by atoms with Crippen LogP contribution in [0.3, 0.4) is 0 Å². The number of piperidine rings is 1. The van der Waals surface area contributed by atoms with Crippen molar-refractivity contribution in [2.45, 2.75) is 44.7 Å². The van der Waals surface area contributed by atoms with Crippen molar-refractivity contribution in [3.05, 3.63) is 30.1 Å². The number of anilines is 1. The Morgan fingerprint density at radius 1 is 1.16 bits per heavy atom. The predicted molar refractivity (Wildman–Crippen MR) is 98.4 cm³/mol. The predicted octanol–water partition coefficient (Wildman–Crippen LogP) is 1.86. The number of nitrogens with two attached hydrogens (primary N) is 1. The zero-order valence-electron chi connectivity index (χ0n) is 14.7. The molecule has 1 amide bonds. The lowest BCUT2D eigenvalue weighted by Gasteiger charge is -2.39. The molecule has 2 aromatic rings. The molecule has 132 valence electrons. The van der Waals surface area contributed by atoms with Gasteiger partial charge in [0.2, 0.25) is 5.91 Å². The highest BCUT2D eigenvalue weighted by molar-refractivity contribution is 5.92. The summed E-state index contributed by atoms with van der Waals surface area (Å²) in [6, 6.07) is 6.58. The molecule has 0 spiro atoms. The third-order valence-corrected chi connectivity index (χ3v) is 5.71. The van der Waals surface area contributed by atoms with E-state index in [4.69, 9.17) is 5.73 Å². The van der Waals surface area contributed by atoms with Gasteiger partial charge < -0.3 is 10.6 Å². The van der Waals surface area contributed by atoms with Crippen molar-refractivity contribution in [1.29, 1.82) is 0 Å². The first-order valence-corrected chi connectivity index (χ1v) is 9.15. The minimum atomic E-state index is -0.169. The number of carbonyl (C=O) groups excluding carboxylic acids is 1. The molecule has 2 fully saturated rings. The number of rotatable bonds is 3. The maximum atomic E-state index is 11.7. The Morgan fingerprint density at radius 2 is 1.96 bits per heavy atom. The summed E-state index contributed by atoms with van der Waals surface area (Å²) in [5, 5.41) is 1.15. The molecule has 1 unspecified atom stereocenters. The molecule has 2 N–H and O–H groups in total. The number of primary amides is 1. The fourth-order valence-electron chi connectivity index (χ4n) is 4.44. The van der Waals surface area contributed by atoms with Crippen molar-refractivity contribution in [3.8, 4) is 0 Å². The first kappa shape index (κ1) is 16.3. The van der Waals surface area contributed by atoms with E-state index >= 15 is 0 Å². The van der Waals surface area contributed by atoms with Crippen LogP contribution in [-0.4, -0.2) is 52.5 Å². The van der Waals surface area contributed by atoms with Gasteiger partial charge in [0.05, 0.1) is 11.6 Å². The molecule has 4 rings (SSSR count). The van der Waals surface area contributed by atoms with E-state index in [1.807, 2.05) is 12.1 Å². The smallest absolute Gasteiger partial charge is 0.234 e. The molecular weight excluding hydrogens is 314 g/mol. The molecule has 6 heteroatoms. The first-order valence-electron chi connectivity index (χ1n) is 9.15. The topological polar surface area (TPSA) is 75.3 Å². The van der Waals surface area contributed by atoms with Crippen molar-refractivity contribution >= 4 is 22.6 Å². The van der Waals surface area contributed by atoms with Crippen molar-refractivity contribution < 1.29 is 4.79 Å². The number of benzene rings is 1. The molecule has 0 saturated carbocycles. The van der Waals surface area contributed by atoms with E-state index in [9.17, 15) is 4.79 Å². The van der Waals surface area contributed by atoms with E-state index in [2.05, 4.69) is 32.8 Å². The summed E-state index contributed by atoms with van der Waals surface area (Å²) < 4.78 is 0. The average molecular weight is 339 g/mol. The van der Waals surface area contributed by atoms with E-state index in [0.717, 1.165) is 62.0 Å². The Hall–Kier alpha value is -2.21. The van der Waals surface area contributed by atoms with E-state index < -0.39 is 0 Å². The molecule has 0 aliphatic carbocycles. The number of fused-ring (bicyclic) bond motifs is 1. The number of carbonyl (C=O) groups is 1. The van der Waals surface area contributed by atoms with Gasteiger partial charge in [0.15, 0.2) is 0 Å². The van der Waals surface area contributed by atoms with Crippen LogP contribution >= 0.6 is 0 Å². The number of hydrogen-bond acceptors (Lipinski definition) is 5. The highest BCUT2D eigenvalue weighted by Crippen LogP contribution is 2.31. The van der Waals surface area contributed by atoms with E-state index in [1.54, 1.807) is 6.33 Å². The van der Waals surface area contributed by atoms with Gasteiger partial charge in [-0.2, -0.15) is 0 Å². The van der Waals surface area contributed by atoms with Gasteiger partial charge in [0.25, 0.3) is 0 Å². The molecule has 2 aliphatic rings. The number of aryl methyl sites for hydroxylation is 1. The second kappa shape index (κ2) is 6.59. The lowest BCUT2D eigenvalue weighted by molar-refractivity contribution is -0.123. The van der Waals surface area contributed by atoms with Crippen LogP contribution in [0.2, 0.25) is 0 Å². The van der Waals surface area contributed by atoms with Gasteiger partial charge >= 0.3 is 0 Å². The first-order chi connectivity index (χ1) is 12.1. The van der Waals surface area contributed by atoms with Gasteiger partial charge in [-0.05, 0) is 50.8 Å². The summed E-state index contributed by atoms with van der Waals surface area (Å²) in [4.78, 5) is 25.4. The highest BCUT2D eigenvalue weighted by atomic mass is 16.1. The third-order valence-electron chi connectivity index (χ3n) is 5.71. The van der Waals surface area contributed by atoms with E-state index in [1.165, 1.54) is 5.56 Å². The zero-order chi connectivity index (χ0) is 17.4. The molecule has 25 heavy (non-hydrogen) atoms. The fraction of sp³-hybridized carbons (Fsp3) is 0.526. The summed E-state index contributed by atoms with van der Waals surface area (Å²) in [5.41, 5.74) is 7.80. The second-order valence-corrected chi connectivity index (χ2v) is 7.18. The Balaban J connectivity index is 1.52. The van der Waals surface area contributed by atoms with Gasteiger partial charge in [0.1, 0.15) is 12.1 Å². The zero-order valence-corrected chi connectivity index (χ0v) is 14.7. The van der Waals surface area contributed by atoms with Crippen LogP contribution in [0.25, 0.3) is 10.9 Å². The Kier molecular flexibility index (Phi) is 4.29. The summed E-state index contributed by atoms with van der Waals surface area (Å²) in [6.45, 7) is 5.01. The molecule has 0 bridgehead atoms. The molecule has 2 saturated heterocycles. The van der Waals surface area contributed by atoms with Gasteiger partial charge in [-0.1, -0.05) is 12.1 Å². The second-order valence-electron chi connectivity index (χ2n) is 7.18. The van der Waals surface area contributed by atoms with Crippen molar-refractivity contribution in [2.24, 2.45) is 5.73 Å². The lowest BCUT2D eigenvalue weighted by atomic mass is 10.0. The summed E-state index contributed by atoms with van der Waals surface area (Å²) in [7, 11) is 0. The third kappa shape index (κ3) is 2.95. The van der Waals surface area contributed by atoms with E-state index in [0.29, 0.717) is 6.04 Å². The Bertz CT molecular complexity index is 779. The van der Waals surface area contributed by atoms with Crippen LogP contribution in [0.1, 0.15) is 31.2 Å². The van der Waals surface area contributed by atoms with Crippen LogP contribution in [0.15, 0.2) is 24.5 Å². The standard InChI is InChI=1S/C19H25N5O/c1-13-4-2-5-15-17(13)19(22-12-21-15)23-10-7-14(8-11-23)24-9-3-6-16(24)18(20)25/h2,4-5,12,14,16H,3,6-11H2,1H3,(H2,20,25). The van der Waals surface area contributed by atoms with Gasteiger partial charge in [-0.15, -0.1) is 0 Å². The summed E-state index contributed by atoms with van der Waals surface area (Å²) >= 11 is 0. The molecule has 3 heterocycles. The molecule has 1 aromatic carbocycles. The summed E-state index contributed by atoms with van der Waals surface area (Å²) in [6.07, 6.45) is 5.73. The Labute approximate surface area is 148 Å². The highest BCUT2D eigenvalue weighted by Gasteiger charge is 2.36. The number of likely N-dealkylation sites (tertiary alicyclic amines) is 1. The van der Waals surface area contributed by atoms with Gasteiger partial charge in [0, 0.05) is 24.5 Å². The fourth-order valence-corrected chi connectivity index (χ4v) is 4.44. The Morgan fingerprint density at radius 3 is 2.72 bits per heavy atom. The molecule has 2 aliphatic heterocycles. The molecule has 1 atom stereocenters. The normalized spacial score (nSPS) is 22.6. The molecule has 0 radical (unpaired) electrons. The maximum absolute atomic E-state index is 11.7. The molecular formula is C19H25N5O. The van der Waals surface area contributed by atoms with Crippen LogP contribution in [0.5, 0.6) is 0 Å². The van der Waals surface area contributed by atoms with Crippen LogP contribution in [0, 0.1) is 6.92 Å². The van der Waals surface area contributed by atoms with Crippen LogP contribution in [-0.2, 0) is 4.79 Å². The van der Waals surface area contributed by atoms with E-state index in [-0.39, 0.29) is 11.9 Å². The maximum Gasteiger partial charge on any atom is 0.234 e. The minimum absolute atomic E-state index is 0.0707. The lowest BCUT2D eigenvalue weighted by Crippen LogP contribution is -2.50. The number of amides is 1. The van der Waals surface area contributed by atoms with Crippen molar-refractivity contribution in [2.75, 3.05) is 24.5 Å². The van der Waals surface area contributed by atoms with Gasteiger partial charge in [-0.3, -0.25) is 9.69 Å².